The van der Waals surface area contributed by atoms with E-state index in [2.05, 4.69) is 21.2 Å². The summed E-state index contributed by atoms with van der Waals surface area (Å²) >= 11 is 9.40. The van der Waals surface area contributed by atoms with Crippen LogP contribution in [0.2, 0.25) is 5.02 Å². The van der Waals surface area contributed by atoms with Crippen LogP contribution in [0, 0.1) is 10.1 Å². The molecule has 0 aliphatic rings. The Morgan fingerprint density at radius 1 is 1.33 bits per heavy atom. The SMILES string of the molecule is COc1ccc(Cl)c(NCc2cc(Br)ccc2[N+](=O)[O-])c1. The Balaban J connectivity index is 2.24. The third-order valence-electron chi connectivity index (χ3n) is 2.88. The minimum Gasteiger partial charge on any atom is -0.497 e. The third kappa shape index (κ3) is 3.86. The lowest BCUT2D eigenvalue weighted by Gasteiger charge is -2.10. The topological polar surface area (TPSA) is 64.4 Å². The van der Waals surface area contributed by atoms with E-state index in [0.29, 0.717) is 22.0 Å². The van der Waals surface area contributed by atoms with Gasteiger partial charge in [0.25, 0.3) is 5.69 Å². The number of anilines is 1. The third-order valence-corrected chi connectivity index (χ3v) is 3.70. The quantitative estimate of drug-likeness (QED) is 0.614. The van der Waals surface area contributed by atoms with Crippen molar-refractivity contribution in [1.82, 2.24) is 0 Å². The largest absolute Gasteiger partial charge is 0.497 e. The molecule has 2 aromatic rings. The number of nitrogens with zero attached hydrogens (tertiary/aromatic N) is 1. The second-order valence-electron chi connectivity index (χ2n) is 4.23. The standard InChI is InChI=1S/C14H12BrClN2O3/c1-21-11-3-4-12(16)13(7-11)17-8-9-6-10(15)2-5-14(9)18(19)20/h2-7,17H,8H2,1H3. The molecule has 0 heterocycles. The van der Waals surface area contributed by atoms with Crippen molar-refractivity contribution in [3.8, 4) is 5.75 Å². The number of nitro benzene ring substituents is 1. The molecule has 0 saturated heterocycles. The Bertz CT molecular complexity index is 679. The van der Waals surface area contributed by atoms with E-state index in [1.165, 1.54) is 6.07 Å². The first-order valence-corrected chi connectivity index (χ1v) is 7.18. The predicted molar refractivity (Wildman–Crippen MR) is 86.1 cm³/mol. The molecule has 0 bridgehead atoms. The molecule has 7 heteroatoms. The second kappa shape index (κ2) is 6.78. The Morgan fingerprint density at radius 3 is 2.76 bits per heavy atom. The Kier molecular flexibility index (Phi) is 5.03. The molecule has 0 fully saturated rings. The normalized spacial score (nSPS) is 10.2. The summed E-state index contributed by atoms with van der Waals surface area (Å²) in [6.07, 6.45) is 0. The summed E-state index contributed by atoms with van der Waals surface area (Å²) < 4.78 is 5.91. The highest BCUT2D eigenvalue weighted by molar-refractivity contribution is 9.10. The molecular formula is C14H12BrClN2O3. The smallest absolute Gasteiger partial charge is 0.274 e. The molecule has 110 valence electrons. The number of ether oxygens (including phenoxy) is 1. The number of hydrogen-bond acceptors (Lipinski definition) is 4. The molecule has 21 heavy (non-hydrogen) atoms. The van der Waals surface area contributed by atoms with Gasteiger partial charge in [0.05, 0.1) is 22.7 Å². The van der Waals surface area contributed by atoms with E-state index in [1.54, 1.807) is 37.4 Å². The lowest BCUT2D eigenvalue weighted by atomic mass is 10.1. The second-order valence-corrected chi connectivity index (χ2v) is 5.55. The van der Waals surface area contributed by atoms with Crippen molar-refractivity contribution >= 4 is 38.9 Å². The van der Waals surface area contributed by atoms with Crippen LogP contribution in [-0.4, -0.2) is 12.0 Å². The van der Waals surface area contributed by atoms with E-state index in [9.17, 15) is 10.1 Å². The van der Waals surface area contributed by atoms with Gasteiger partial charge < -0.3 is 10.1 Å². The van der Waals surface area contributed by atoms with Crippen molar-refractivity contribution in [3.63, 3.8) is 0 Å². The molecule has 0 saturated carbocycles. The van der Waals surface area contributed by atoms with Crippen molar-refractivity contribution < 1.29 is 9.66 Å². The Hall–Kier alpha value is -1.79. The van der Waals surface area contributed by atoms with Crippen molar-refractivity contribution in [3.05, 3.63) is 61.6 Å². The van der Waals surface area contributed by atoms with Gasteiger partial charge in [-0.3, -0.25) is 10.1 Å². The van der Waals surface area contributed by atoms with Crippen LogP contribution in [-0.2, 0) is 6.54 Å². The molecule has 0 aromatic heterocycles. The number of benzene rings is 2. The van der Waals surface area contributed by atoms with Crippen LogP contribution in [0.3, 0.4) is 0 Å². The van der Waals surface area contributed by atoms with Gasteiger partial charge in [0.1, 0.15) is 5.75 Å². The van der Waals surface area contributed by atoms with Gasteiger partial charge in [0.15, 0.2) is 0 Å². The maximum atomic E-state index is 11.0. The van der Waals surface area contributed by atoms with E-state index in [-0.39, 0.29) is 12.2 Å². The molecule has 2 rings (SSSR count). The van der Waals surface area contributed by atoms with Gasteiger partial charge in [0, 0.05) is 28.7 Å². The van der Waals surface area contributed by atoms with E-state index in [0.717, 1.165) is 4.47 Å². The van der Waals surface area contributed by atoms with Crippen molar-refractivity contribution in [1.29, 1.82) is 0 Å². The highest BCUT2D eigenvalue weighted by Gasteiger charge is 2.14. The van der Waals surface area contributed by atoms with Crippen molar-refractivity contribution in [2.75, 3.05) is 12.4 Å². The molecule has 5 nitrogen and oxygen atoms in total. The maximum absolute atomic E-state index is 11.0. The van der Waals surface area contributed by atoms with Crippen LogP contribution in [0.5, 0.6) is 5.75 Å². The molecule has 0 radical (unpaired) electrons. The monoisotopic (exact) mass is 370 g/mol. The number of halogens is 2. The van der Waals surface area contributed by atoms with Gasteiger partial charge in [-0.15, -0.1) is 0 Å². The highest BCUT2D eigenvalue weighted by Crippen LogP contribution is 2.29. The lowest BCUT2D eigenvalue weighted by Crippen LogP contribution is -2.04. The summed E-state index contributed by atoms with van der Waals surface area (Å²) in [6, 6.07) is 10.0. The van der Waals surface area contributed by atoms with Crippen molar-refractivity contribution in [2.45, 2.75) is 6.54 Å². The highest BCUT2D eigenvalue weighted by atomic mass is 79.9. The molecule has 2 aromatic carbocycles. The summed E-state index contributed by atoms with van der Waals surface area (Å²) in [5.74, 6) is 0.658. The fourth-order valence-electron chi connectivity index (χ4n) is 1.83. The molecule has 0 aliphatic carbocycles. The van der Waals surface area contributed by atoms with E-state index >= 15 is 0 Å². The number of nitrogens with one attached hydrogen (secondary N) is 1. The minimum atomic E-state index is -0.406. The van der Waals surface area contributed by atoms with Gasteiger partial charge in [0.2, 0.25) is 0 Å². The molecule has 0 amide bonds. The van der Waals surface area contributed by atoms with Crippen LogP contribution >= 0.6 is 27.5 Å². The maximum Gasteiger partial charge on any atom is 0.274 e. The summed E-state index contributed by atoms with van der Waals surface area (Å²) in [6.45, 7) is 0.280. The molecular weight excluding hydrogens is 360 g/mol. The summed E-state index contributed by atoms with van der Waals surface area (Å²) in [5, 5.41) is 14.6. The van der Waals surface area contributed by atoms with E-state index < -0.39 is 4.92 Å². The minimum absolute atomic E-state index is 0.0599. The molecule has 1 N–H and O–H groups in total. The van der Waals surface area contributed by atoms with Crippen molar-refractivity contribution in [2.24, 2.45) is 0 Å². The van der Waals surface area contributed by atoms with E-state index in [4.69, 9.17) is 16.3 Å². The van der Waals surface area contributed by atoms with Gasteiger partial charge in [-0.25, -0.2) is 0 Å². The van der Waals surface area contributed by atoms with Gasteiger partial charge in [-0.2, -0.15) is 0 Å². The zero-order chi connectivity index (χ0) is 15.4. The molecule has 0 atom stereocenters. The number of nitro groups is 1. The average Bonchev–Trinajstić information content (AvgIpc) is 2.46. The van der Waals surface area contributed by atoms with Crippen LogP contribution in [0.4, 0.5) is 11.4 Å². The van der Waals surface area contributed by atoms with Crippen LogP contribution < -0.4 is 10.1 Å². The zero-order valence-corrected chi connectivity index (χ0v) is 13.4. The Morgan fingerprint density at radius 2 is 2.10 bits per heavy atom. The molecule has 0 unspecified atom stereocenters. The number of methoxy groups -OCH3 is 1. The molecule has 0 aliphatic heterocycles. The first-order valence-electron chi connectivity index (χ1n) is 6.01. The van der Waals surface area contributed by atoms with Gasteiger partial charge in [-0.1, -0.05) is 27.5 Å². The summed E-state index contributed by atoms with van der Waals surface area (Å²) in [4.78, 5) is 10.6. The molecule has 0 spiro atoms. The van der Waals surface area contributed by atoms with E-state index in [1.807, 2.05) is 0 Å². The Labute approximate surface area is 135 Å². The van der Waals surface area contributed by atoms with Crippen LogP contribution in [0.1, 0.15) is 5.56 Å². The fraction of sp³-hybridized carbons (Fsp3) is 0.143. The van der Waals surface area contributed by atoms with Gasteiger partial charge in [-0.05, 0) is 24.3 Å². The fourth-order valence-corrected chi connectivity index (χ4v) is 2.42. The summed E-state index contributed by atoms with van der Waals surface area (Å²) in [7, 11) is 1.56. The van der Waals surface area contributed by atoms with Crippen LogP contribution in [0.25, 0.3) is 0 Å². The number of hydrogen-bond donors (Lipinski definition) is 1. The first-order chi connectivity index (χ1) is 10.0. The first kappa shape index (κ1) is 15.6. The lowest BCUT2D eigenvalue weighted by molar-refractivity contribution is -0.385. The predicted octanol–water partition coefficient (Wildman–Crippen LogP) is 4.63. The zero-order valence-electron chi connectivity index (χ0n) is 11.1. The number of rotatable bonds is 5. The van der Waals surface area contributed by atoms with Crippen LogP contribution in [0.15, 0.2) is 40.9 Å². The van der Waals surface area contributed by atoms with Gasteiger partial charge >= 0.3 is 0 Å². The summed E-state index contributed by atoms with van der Waals surface area (Å²) in [5.41, 5.74) is 1.28. The average molecular weight is 372 g/mol.